The molecule has 0 fully saturated rings. The maximum atomic E-state index is 11.8. The Morgan fingerprint density at radius 1 is 1.56 bits per heavy atom. The number of rotatable bonds is 4. The van der Waals surface area contributed by atoms with Crippen molar-refractivity contribution in [3.05, 3.63) is 24.2 Å². The summed E-state index contributed by atoms with van der Waals surface area (Å²) in [5, 5.41) is 11.9. The van der Waals surface area contributed by atoms with Gasteiger partial charge in [0, 0.05) is 12.6 Å². The number of amides is 1. The summed E-state index contributed by atoms with van der Waals surface area (Å²) in [6.45, 7) is 6.16. The molecule has 0 aliphatic heterocycles. The second kappa shape index (κ2) is 5.16. The quantitative estimate of drug-likeness (QED) is 0.821. The minimum absolute atomic E-state index is 0.0556. The third-order valence-electron chi connectivity index (χ3n) is 2.55. The number of hydrogen-bond acceptors (Lipinski definition) is 3. The lowest BCUT2D eigenvalue weighted by Crippen LogP contribution is -2.44. The van der Waals surface area contributed by atoms with E-state index in [4.69, 9.17) is 9.52 Å². The summed E-state index contributed by atoms with van der Waals surface area (Å²) in [7, 11) is 0. The van der Waals surface area contributed by atoms with Crippen molar-refractivity contribution < 1.29 is 14.3 Å². The highest BCUT2D eigenvalue weighted by molar-refractivity contribution is 5.93. The smallest absolute Gasteiger partial charge is 0.254 e. The SMILES string of the molecule is CC(C)(C)[C@H](CCO)NC(=O)c1ccoc1. The van der Waals surface area contributed by atoms with Crippen LogP contribution in [0.1, 0.15) is 37.6 Å². The third kappa shape index (κ3) is 3.38. The van der Waals surface area contributed by atoms with Crippen LogP contribution in [0.3, 0.4) is 0 Å². The molecule has 1 aromatic heterocycles. The second-order valence-electron chi connectivity index (χ2n) is 4.92. The fourth-order valence-electron chi connectivity index (χ4n) is 1.49. The predicted octanol–water partition coefficient (Wildman–Crippen LogP) is 1.81. The highest BCUT2D eigenvalue weighted by Gasteiger charge is 2.26. The van der Waals surface area contributed by atoms with Crippen molar-refractivity contribution in [3.63, 3.8) is 0 Å². The van der Waals surface area contributed by atoms with Crippen LogP contribution in [0.4, 0.5) is 0 Å². The number of carbonyl (C=O) groups excluding carboxylic acids is 1. The van der Waals surface area contributed by atoms with Gasteiger partial charge >= 0.3 is 0 Å². The predicted molar refractivity (Wildman–Crippen MR) is 61.1 cm³/mol. The molecule has 90 valence electrons. The zero-order valence-corrected chi connectivity index (χ0v) is 9.99. The van der Waals surface area contributed by atoms with E-state index in [9.17, 15) is 4.79 Å². The van der Waals surface area contributed by atoms with Crippen LogP contribution in [-0.4, -0.2) is 23.7 Å². The van der Waals surface area contributed by atoms with Gasteiger partial charge in [0.2, 0.25) is 0 Å². The summed E-state index contributed by atoms with van der Waals surface area (Å²) >= 11 is 0. The highest BCUT2D eigenvalue weighted by Crippen LogP contribution is 2.22. The molecule has 0 saturated carbocycles. The van der Waals surface area contributed by atoms with Gasteiger partial charge in [-0.15, -0.1) is 0 Å². The first kappa shape index (κ1) is 12.8. The van der Waals surface area contributed by atoms with Gasteiger partial charge in [0.05, 0.1) is 11.8 Å². The maximum Gasteiger partial charge on any atom is 0.254 e. The zero-order valence-electron chi connectivity index (χ0n) is 9.99. The average molecular weight is 225 g/mol. The maximum absolute atomic E-state index is 11.8. The van der Waals surface area contributed by atoms with Crippen molar-refractivity contribution in [2.24, 2.45) is 5.41 Å². The minimum atomic E-state index is -0.165. The highest BCUT2D eigenvalue weighted by atomic mass is 16.3. The molecule has 1 aromatic rings. The van der Waals surface area contributed by atoms with Crippen molar-refractivity contribution in [1.29, 1.82) is 0 Å². The van der Waals surface area contributed by atoms with E-state index in [2.05, 4.69) is 5.32 Å². The Morgan fingerprint density at radius 3 is 2.69 bits per heavy atom. The normalized spacial score (nSPS) is 13.5. The first-order chi connectivity index (χ1) is 7.45. The molecular formula is C12H19NO3. The average Bonchev–Trinajstić information content (AvgIpc) is 2.68. The summed E-state index contributed by atoms with van der Waals surface area (Å²) in [6.07, 6.45) is 3.42. The van der Waals surface area contributed by atoms with Crippen LogP contribution in [0.2, 0.25) is 0 Å². The van der Waals surface area contributed by atoms with E-state index in [1.54, 1.807) is 6.07 Å². The topological polar surface area (TPSA) is 62.5 Å². The number of hydrogen-bond donors (Lipinski definition) is 2. The molecule has 0 aliphatic carbocycles. The summed E-state index contributed by atoms with van der Waals surface area (Å²) < 4.78 is 4.85. The molecule has 0 aliphatic rings. The Labute approximate surface area is 95.7 Å². The minimum Gasteiger partial charge on any atom is -0.472 e. The summed E-state index contributed by atoms with van der Waals surface area (Å²) in [5.74, 6) is -0.165. The van der Waals surface area contributed by atoms with E-state index < -0.39 is 0 Å². The Kier molecular flexibility index (Phi) is 4.12. The van der Waals surface area contributed by atoms with Crippen LogP contribution in [0.25, 0.3) is 0 Å². The first-order valence-corrected chi connectivity index (χ1v) is 5.39. The van der Waals surface area contributed by atoms with Crippen LogP contribution in [-0.2, 0) is 0 Å². The molecule has 1 atom stereocenters. The van der Waals surface area contributed by atoms with Crippen molar-refractivity contribution >= 4 is 5.91 Å². The van der Waals surface area contributed by atoms with Gasteiger partial charge in [0.15, 0.2) is 0 Å². The Balaban J connectivity index is 2.66. The van der Waals surface area contributed by atoms with E-state index in [0.29, 0.717) is 12.0 Å². The monoisotopic (exact) mass is 225 g/mol. The number of aliphatic hydroxyl groups excluding tert-OH is 1. The van der Waals surface area contributed by atoms with Gasteiger partial charge in [-0.05, 0) is 17.9 Å². The van der Waals surface area contributed by atoms with Gasteiger partial charge in [0.1, 0.15) is 6.26 Å². The van der Waals surface area contributed by atoms with Gasteiger partial charge in [-0.25, -0.2) is 0 Å². The lowest BCUT2D eigenvalue weighted by molar-refractivity contribution is 0.0884. The Hall–Kier alpha value is -1.29. The van der Waals surface area contributed by atoms with Crippen molar-refractivity contribution in [3.8, 4) is 0 Å². The second-order valence-corrected chi connectivity index (χ2v) is 4.92. The Bertz CT molecular complexity index is 325. The molecule has 2 N–H and O–H groups in total. The molecule has 16 heavy (non-hydrogen) atoms. The largest absolute Gasteiger partial charge is 0.472 e. The van der Waals surface area contributed by atoms with Gasteiger partial charge in [-0.3, -0.25) is 4.79 Å². The van der Waals surface area contributed by atoms with Gasteiger partial charge < -0.3 is 14.8 Å². The molecule has 0 saturated heterocycles. The number of furan rings is 1. The van der Waals surface area contributed by atoms with Crippen LogP contribution in [0.5, 0.6) is 0 Å². The van der Waals surface area contributed by atoms with Crippen LogP contribution < -0.4 is 5.32 Å². The number of carbonyl (C=O) groups is 1. The fourth-order valence-corrected chi connectivity index (χ4v) is 1.49. The van der Waals surface area contributed by atoms with Crippen LogP contribution >= 0.6 is 0 Å². The lowest BCUT2D eigenvalue weighted by atomic mass is 9.85. The fraction of sp³-hybridized carbons (Fsp3) is 0.583. The molecule has 0 aromatic carbocycles. The van der Waals surface area contributed by atoms with Gasteiger partial charge in [-0.1, -0.05) is 20.8 Å². The van der Waals surface area contributed by atoms with E-state index in [0.717, 1.165) is 0 Å². The third-order valence-corrected chi connectivity index (χ3v) is 2.55. The number of aliphatic hydroxyl groups is 1. The van der Waals surface area contributed by atoms with Crippen molar-refractivity contribution in [1.82, 2.24) is 5.32 Å². The Morgan fingerprint density at radius 2 is 2.25 bits per heavy atom. The summed E-state index contributed by atoms with van der Waals surface area (Å²) in [4.78, 5) is 11.8. The molecular weight excluding hydrogens is 206 g/mol. The molecule has 1 amide bonds. The van der Waals surface area contributed by atoms with Crippen LogP contribution in [0.15, 0.2) is 23.0 Å². The molecule has 0 radical (unpaired) electrons. The summed E-state index contributed by atoms with van der Waals surface area (Å²) in [5.41, 5.74) is 0.425. The van der Waals surface area contributed by atoms with Gasteiger partial charge in [0.25, 0.3) is 5.91 Å². The summed E-state index contributed by atoms with van der Waals surface area (Å²) in [6, 6.07) is 1.56. The van der Waals surface area contributed by atoms with E-state index in [1.807, 2.05) is 20.8 Å². The lowest BCUT2D eigenvalue weighted by Gasteiger charge is -2.30. The molecule has 0 bridgehead atoms. The van der Waals surface area contributed by atoms with E-state index in [-0.39, 0.29) is 24.0 Å². The molecule has 1 rings (SSSR count). The van der Waals surface area contributed by atoms with Crippen molar-refractivity contribution in [2.75, 3.05) is 6.61 Å². The standard InChI is InChI=1S/C12H19NO3/c1-12(2,3)10(4-6-14)13-11(15)9-5-7-16-8-9/h5,7-8,10,14H,4,6H2,1-3H3,(H,13,15)/t10-/m0/s1. The molecule has 4 heteroatoms. The molecule has 1 heterocycles. The molecule has 0 spiro atoms. The van der Waals surface area contributed by atoms with Crippen molar-refractivity contribution in [2.45, 2.75) is 33.2 Å². The first-order valence-electron chi connectivity index (χ1n) is 5.39. The van der Waals surface area contributed by atoms with E-state index >= 15 is 0 Å². The number of nitrogens with one attached hydrogen (secondary N) is 1. The van der Waals surface area contributed by atoms with Crippen LogP contribution in [0, 0.1) is 5.41 Å². The zero-order chi connectivity index (χ0) is 12.2. The van der Waals surface area contributed by atoms with Gasteiger partial charge in [-0.2, -0.15) is 0 Å². The molecule has 0 unspecified atom stereocenters. The molecule has 4 nitrogen and oxygen atoms in total. The van der Waals surface area contributed by atoms with E-state index in [1.165, 1.54) is 12.5 Å².